The SMILES string of the molecule is OC(COc1ccc(-c2ccccc2)cc1)CN1CCN(Cc2ccccn2)CC1. The van der Waals surface area contributed by atoms with Crippen molar-refractivity contribution in [1.82, 2.24) is 14.8 Å². The molecule has 0 spiro atoms. The number of hydrogen-bond donors (Lipinski definition) is 1. The van der Waals surface area contributed by atoms with E-state index in [1.165, 1.54) is 5.56 Å². The molecule has 2 heterocycles. The summed E-state index contributed by atoms with van der Waals surface area (Å²) in [5, 5.41) is 10.4. The fourth-order valence-electron chi connectivity index (χ4n) is 3.77. The van der Waals surface area contributed by atoms with Crippen molar-refractivity contribution in [2.45, 2.75) is 12.6 Å². The van der Waals surface area contributed by atoms with Crippen molar-refractivity contribution < 1.29 is 9.84 Å². The van der Waals surface area contributed by atoms with E-state index >= 15 is 0 Å². The van der Waals surface area contributed by atoms with E-state index in [9.17, 15) is 5.11 Å². The molecular formula is C25H29N3O2. The number of ether oxygens (including phenoxy) is 1. The van der Waals surface area contributed by atoms with E-state index in [1.54, 1.807) is 0 Å². The van der Waals surface area contributed by atoms with Gasteiger partial charge in [-0.15, -0.1) is 0 Å². The van der Waals surface area contributed by atoms with Gasteiger partial charge in [-0.05, 0) is 35.4 Å². The first-order valence-electron chi connectivity index (χ1n) is 10.6. The maximum atomic E-state index is 10.4. The highest BCUT2D eigenvalue weighted by Gasteiger charge is 2.19. The summed E-state index contributed by atoms with van der Waals surface area (Å²) in [6, 6.07) is 24.4. The largest absolute Gasteiger partial charge is 0.491 e. The smallest absolute Gasteiger partial charge is 0.119 e. The monoisotopic (exact) mass is 403 g/mol. The van der Waals surface area contributed by atoms with Crippen molar-refractivity contribution in [3.63, 3.8) is 0 Å². The zero-order valence-electron chi connectivity index (χ0n) is 17.2. The maximum Gasteiger partial charge on any atom is 0.119 e. The molecule has 4 rings (SSSR count). The van der Waals surface area contributed by atoms with Gasteiger partial charge in [0.2, 0.25) is 0 Å². The lowest BCUT2D eigenvalue weighted by atomic mass is 10.1. The van der Waals surface area contributed by atoms with Crippen LogP contribution in [0.2, 0.25) is 0 Å². The summed E-state index contributed by atoms with van der Waals surface area (Å²) in [5.41, 5.74) is 3.45. The second kappa shape index (κ2) is 10.3. The Balaban J connectivity index is 1.18. The molecule has 1 fully saturated rings. The van der Waals surface area contributed by atoms with Crippen LogP contribution in [0.1, 0.15) is 5.69 Å². The normalized spacial score (nSPS) is 16.3. The summed E-state index contributed by atoms with van der Waals surface area (Å²) in [6.45, 7) is 5.72. The molecule has 0 bridgehead atoms. The Hall–Kier alpha value is -2.73. The molecule has 0 radical (unpaired) electrons. The van der Waals surface area contributed by atoms with Gasteiger partial charge in [-0.2, -0.15) is 0 Å². The van der Waals surface area contributed by atoms with Crippen LogP contribution in [-0.4, -0.2) is 65.3 Å². The van der Waals surface area contributed by atoms with Crippen LogP contribution in [0.25, 0.3) is 11.1 Å². The van der Waals surface area contributed by atoms with Gasteiger partial charge in [-0.3, -0.25) is 14.8 Å². The fraction of sp³-hybridized carbons (Fsp3) is 0.320. The molecule has 5 heteroatoms. The third kappa shape index (κ3) is 5.89. The number of nitrogens with zero attached hydrogens (tertiary/aromatic N) is 3. The molecule has 0 amide bonds. The second-order valence-corrected chi connectivity index (χ2v) is 7.75. The van der Waals surface area contributed by atoms with E-state index < -0.39 is 6.10 Å². The van der Waals surface area contributed by atoms with Crippen LogP contribution in [0.4, 0.5) is 0 Å². The number of piperazine rings is 1. The van der Waals surface area contributed by atoms with Crippen molar-refractivity contribution >= 4 is 0 Å². The van der Waals surface area contributed by atoms with E-state index in [0.29, 0.717) is 13.2 Å². The number of rotatable bonds is 8. The highest BCUT2D eigenvalue weighted by atomic mass is 16.5. The van der Waals surface area contributed by atoms with Crippen molar-refractivity contribution in [2.24, 2.45) is 0 Å². The average molecular weight is 404 g/mol. The number of aliphatic hydroxyl groups excluding tert-OH is 1. The molecule has 3 aromatic rings. The van der Waals surface area contributed by atoms with E-state index in [2.05, 4.69) is 45.1 Å². The van der Waals surface area contributed by atoms with Crippen LogP contribution in [0, 0.1) is 0 Å². The first-order valence-corrected chi connectivity index (χ1v) is 10.6. The number of benzene rings is 2. The van der Waals surface area contributed by atoms with Crippen LogP contribution in [0.3, 0.4) is 0 Å². The predicted octanol–water partition coefficient (Wildman–Crippen LogP) is 3.31. The highest BCUT2D eigenvalue weighted by molar-refractivity contribution is 5.63. The molecule has 0 aliphatic carbocycles. The first kappa shape index (κ1) is 20.5. The van der Waals surface area contributed by atoms with Crippen LogP contribution < -0.4 is 4.74 Å². The molecule has 0 saturated carbocycles. The topological polar surface area (TPSA) is 48.8 Å². The minimum atomic E-state index is -0.499. The maximum absolute atomic E-state index is 10.4. The average Bonchev–Trinajstić information content (AvgIpc) is 2.81. The molecule has 30 heavy (non-hydrogen) atoms. The Morgan fingerprint density at radius 3 is 2.17 bits per heavy atom. The van der Waals surface area contributed by atoms with Crippen LogP contribution in [0.5, 0.6) is 5.75 Å². The van der Waals surface area contributed by atoms with Crippen LogP contribution in [-0.2, 0) is 6.54 Å². The van der Waals surface area contributed by atoms with Gasteiger partial charge in [0.1, 0.15) is 18.5 Å². The summed E-state index contributed by atoms with van der Waals surface area (Å²) in [5.74, 6) is 0.786. The van der Waals surface area contributed by atoms with Gasteiger partial charge in [-0.1, -0.05) is 48.5 Å². The third-order valence-corrected chi connectivity index (χ3v) is 5.45. The van der Waals surface area contributed by atoms with Gasteiger partial charge in [0.15, 0.2) is 0 Å². The van der Waals surface area contributed by atoms with Gasteiger partial charge in [0, 0.05) is 45.5 Å². The summed E-state index contributed by atoms with van der Waals surface area (Å²) in [4.78, 5) is 9.12. The second-order valence-electron chi connectivity index (χ2n) is 7.75. The van der Waals surface area contributed by atoms with E-state index in [4.69, 9.17) is 4.74 Å². The Kier molecular flexibility index (Phi) is 7.08. The standard InChI is InChI=1S/C25H29N3O2/c29-24(19-28-16-14-27(15-17-28)18-23-8-4-5-13-26-23)20-30-25-11-9-22(10-12-25)21-6-2-1-3-7-21/h1-13,24,29H,14-20H2. The zero-order chi connectivity index (χ0) is 20.6. The molecule has 1 aromatic heterocycles. The highest BCUT2D eigenvalue weighted by Crippen LogP contribution is 2.22. The summed E-state index contributed by atoms with van der Waals surface area (Å²) < 4.78 is 5.80. The Morgan fingerprint density at radius 2 is 1.47 bits per heavy atom. The molecule has 5 nitrogen and oxygen atoms in total. The minimum absolute atomic E-state index is 0.304. The van der Waals surface area contributed by atoms with Crippen molar-refractivity contribution in [3.05, 3.63) is 84.7 Å². The van der Waals surface area contributed by atoms with Gasteiger partial charge >= 0.3 is 0 Å². The van der Waals surface area contributed by atoms with Gasteiger partial charge in [-0.25, -0.2) is 0 Å². The molecule has 1 aliphatic rings. The number of aromatic nitrogens is 1. The lowest BCUT2D eigenvalue weighted by Crippen LogP contribution is -2.48. The van der Waals surface area contributed by atoms with Gasteiger partial charge in [0.25, 0.3) is 0 Å². The Bertz CT molecular complexity index is 879. The molecule has 1 N–H and O–H groups in total. The van der Waals surface area contributed by atoms with Gasteiger partial charge in [0.05, 0.1) is 5.69 Å². The lowest BCUT2D eigenvalue weighted by molar-refractivity contribution is 0.0444. The van der Waals surface area contributed by atoms with Crippen LogP contribution in [0.15, 0.2) is 79.0 Å². The Labute approximate surface area is 178 Å². The van der Waals surface area contributed by atoms with Crippen molar-refractivity contribution in [3.8, 4) is 16.9 Å². The number of β-amino-alcohol motifs (C(OH)–C–C–N with tert-alkyl or cyclic N) is 1. The Morgan fingerprint density at radius 1 is 0.800 bits per heavy atom. The first-order chi connectivity index (χ1) is 14.8. The lowest BCUT2D eigenvalue weighted by Gasteiger charge is -2.35. The molecule has 1 atom stereocenters. The zero-order valence-corrected chi connectivity index (χ0v) is 17.2. The van der Waals surface area contributed by atoms with E-state index in [1.807, 2.05) is 48.7 Å². The molecule has 2 aromatic carbocycles. The number of aliphatic hydroxyl groups is 1. The molecular weight excluding hydrogens is 374 g/mol. The minimum Gasteiger partial charge on any atom is -0.491 e. The van der Waals surface area contributed by atoms with Crippen molar-refractivity contribution in [2.75, 3.05) is 39.3 Å². The molecule has 1 aliphatic heterocycles. The number of pyridine rings is 1. The summed E-state index contributed by atoms with van der Waals surface area (Å²) >= 11 is 0. The fourth-order valence-corrected chi connectivity index (χ4v) is 3.77. The molecule has 1 unspecified atom stereocenters. The summed E-state index contributed by atoms with van der Waals surface area (Å²) in [6.07, 6.45) is 1.35. The van der Waals surface area contributed by atoms with E-state index in [0.717, 1.165) is 49.7 Å². The quantitative estimate of drug-likeness (QED) is 0.625. The summed E-state index contributed by atoms with van der Waals surface area (Å²) in [7, 11) is 0. The number of hydrogen-bond acceptors (Lipinski definition) is 5. The van der Waals surface area contributed by atoms with Crippen molar-refractivity contribution in [1.29, 1.82) is 0 Å². The van der Waals surface area contributed by atoms with E-state index in [-0.39, 0.29) is 0 Å². The van der Waals surface area contributed by atoms with Gasteiger partial charge < -0.3 is 9.84 Å². The predicted molar refractivity (Wildman–Crippen MR) is 119 cm³/mol. The third-order valence-electron chi connectivity index (χ3n) is 5.45. The molecule has 156 valence electrons. The van der Waals surface area contributed by atoms with Crippen LogP contribution >= 0.6 is 0 Å². The molecule has 1 saturated heterocycles.